The average Bonchev–Trinajstić information content (AvgIpc) is 2.42. The van der Waals surface area contributed by atoms with E-state index in [1.165, 1.54) is 5.56 Å². The van der Waals surface area contributed by atoms with Crippen LogP contribution in [0.4, 0.5) is 5.69 Å². The lowest BCUT2D eigenvalue weighted by Gasteiger charge is -2.15. The Morgan fingerprint density at radius 2 is 1.90 bits per heavy atom. The zero-order chi connectivity index (χ0) is 14.7. The number of hydrogen-bond acceptors (Lipinski definition) is 3. The van der Waals surface area contributed by atoms with Crippen molar-refractivity contribution in [3.8, 4) is 11.5 Å². The van der Waals surface area contributed by atoms with Crippen molar-refractivity contribution in [2.75, 3.05) is 5.73 Å². The minimum Gasteiger partial charge on any atom is -0.508 e. The Morgan fingerprint density at radius 3 is 2.60 bits per heavy atom. The molecule has 2 aromatic carbocycles. The molecule has 0 aromatic heterocycles. The van der Waals surface area contributed by atoms with Gasteiger partial charge in [0.15, 0.2) is 0 Å². The molecule has 3 N–H and O–H groups in total. The first-order valence-corrected chi connectivity index (χ1v) is 6.82. The van der Waals surface area contributed by atoms with Gasteiger partial charge >= 0.3 is 0 Å². The van der Waals surface area contributed by atoms with Gasteiger partial charge in [0, 0.05) is 11.3 Å². The van der Waals surface area contributed by atoms with Gasteiger partial charge in [0.05, 0.1) is 0 Å². The highest BCUT2D eigenvalue weighted by Crippen LogP contribution is 2.28. The number of phenols is 1. The van der Waals surface area contributed by atoms with Crippen molar-refractivity contribution in [1.82, 2.24) is 0 Å². The van der Waals surface area contributed by atoms with Crippen LogP contribution < -0.4 is 10.5 Å². The van der Waals surface area contributed by atoms with Crippen molar-refractivity contribution in [3.63, 3.8) is 0 Å². The monoisotopic (exact) mass is 271 g/mol. The van der Waals surface area contributed by atoms with Gasteiger partial charge in [-0.1, -0.05) is 19.1 Å². The standard InChI is InChI=1S/C17H21NO2/c1-4-13-6-5-7-15(18)14(13)10-20-17-9-11(2)16(19)8-12(17)3/h5-9,19H,4,10,18H2,1-3H3. The Morgan fingerprint density at radius 1 is 1.15 bits per heavy atom. The van der Waals surface area contributed by atoms with Crippen LogP contribution >= 0.6 is 0 Å². The lowest BCUT2D eigenvalue weighted by Crippen LogP contribution is -2.05. The van der Waals surface area contributed by atoms with Crippen LogP contribution in [0.1, 0.15) is 29.2 Å². The van der Waals surface area contributed by atoms with Crippen LogP contribution in [0.2, 0.25) is 0 Å². The second kappa shape index (κ2) is 5.87. The highest BCUT2D eigenvalue weighted by molar-refractivity contribution is 5.51. The van der Waals surface area contributed by atoms with E-state index in [0.29, 0.717) is 12.4 Å². The van der Waals surface area contributed by atoms with Crippen molar-refractivity contribution >= 4 is 5.69 Å². The summed E-state index contributed by atoms with van der Waals surface area (Å²) in [4.78, 5) is 0. The molecule has 0 saturated heterocycles. The summed E-state index contributed by atoms with van der Waals surface area (Å²) < 4.78 is 5.89. The molecule has 0 fully saturated rings. The fourth-order valence-corrected chi connectivity index (χ4v) is 2.24. The molecule has 0 heterocycles. The molecular formula is C17H21NO2. The highest BCUT2D eigenvalue weighted by Gasteiger charge is 2.08. The lowest BCUT2D eigenvalue weighted by molar-refractivity contribution is 0.302. The maximum absolute atomic E-state index is 9.66. The van der Waals surface area contributed by atoms with E-state index in [1.54, 1.807) is 6.07 Å². The first-order chi connectivity index (χ1) is 9.52. The number of phenolic OH excluding ortho intramolecular Hbond substituents is 1. The zero-order valence-electron chi connectivity index (χ0n) is 12.2. The van der Waals surface area contributed by atoms with E-state index < -0.39 is 0 Å². The maximum atomic E-state index is 9.66. The van der Waals surface area contributed by atoms with E-state index in [9.17, 15) is 5.11 Å². The molecule has 0 unspecified atom stereocenters. The van der Waals surface area contributed by atoms with Gasteiger partial charge in [-0.2, -0.15) is 0 Å². The molecule has 0 aliphatic heterocycles. The number of aryl methyl sites for hydroxylation is 3. The Hall–Kier alpha value is -2.16. The Bertz CT molecular complexity index is 621. The molecule has 3 nitrogen and oxygen atoms in total. The third-order valence-corrected chi connectivity index (χ3v) is 3.56. The predicted molar refractivity (Wildman–Crippen MR) is 82.1 cm³/mol. The van der Waals surface area contributed by atoms with Crippen LogP contribution in [-0.2, 0) is 13.0 Å². The molecule has 0 amide bonds. The molecule has 2 rings (SSSR count). The van der Waals surface area contributed by atoms with Crippen molar-refractivity contribution in [3.05, 3.63) is 52.6 Å². The molecule has 2 aromatic rings. The number of anilines is 1. The zero-order valence-corrected chi connectivity index (χ0v) is 12.2. The molecule has 0 spiro atoms. The van der Waals surface area contributed by atoms with E-state index in [2.05, 4.69) is 13.0 Å². The summed E-state index contributed by atoms with van der Waals surface area (Å²) in [5.74, 6) is 1.08. The summed E-state index contributed by atoms with van der Waals surface area (Å²) in [5.41, 5.74) is 10.8. The van der Waals surface area contributed by atoms with Gasteiger partial charge in [0.2, 0.25) is 0 Å². The van der Waals surface area contributed by atoms with Gasteiger partial charge in [-0.25, -0.2) is 0 Å². The van der Waals surface area contributed by atoms with Gasteiger partial charge in [-0.15, -0.1) is 0 Å². The topological polar surface area (TPSA) is 55.5 Å². The second-order valence-electron chi connectivity index (χ2n) is 5.03. The number of aromatic hydroxyl groups is 1. The number of rotatable bonds is 4. The van der Waals surface area contributed by atoms with Crippen molar-refractivity contribution in [2.24, 2.45) is 0 Å². The average molecular weight is 271 g/mol. The molecule has 0 aliphatic rings. The largest absolute Gasteiger partial charge is 0.508 e. The SMILES string of the molecule is CCc1cccc(N)c1COc1cc(C)c(O)cc1C. The van der Waals surface area contributed by atoms with E-state index in [-0.39, 0.29) is 0 Å². The maximum Gasteiger partial charge on any atom is 0.123 e. The van der Waals surface area contributed by atoms with Crippen molar-refractivity contribution < 1.29 is 9.84 Å². The van der Waals surface area contributed by atoms with Crippen molar-refractivity contribution in [2.45, 2.75) is 33.8 Å². The molecule has 0 bridgehead atoms. The number of nitrogens with two attached hydrogens (primary N) is 1. The van der Waals surface area contributed by atoms with E-state index in [4.69, 9.17) is 10.5 Å². The third-order valence-electron chi connectivity index (χ3n) is 3.56. The highest BCUT2D eigenvalue weighted by atomic mass is 16.5. The van der Waals surface area contributed by atoms with Crippen LogP contribution in [0.15, 0.2) is 30.3 Å². The fraction of sp³-hybridized carbons (Fsp3) is 0.294. The molecule has 0 atom stereocenters. The van der Waals surface area contributed by atoms with Crippen LogP contribution in [-0.4, -0.2) is 5.11 Å². The van der Waals surface area contributed by atoms with Gasteiger partial charge in [-0.3, -0.25) is 0 Å². The number of hydrogen-bond donors (Lipinski definition) is 2. The summed E-state index contributed by atoms with van der Waals surface area (Å²) in [6, 6.07) is 9.51. The molecule has 0 radical (unpaired) electrons. The van der Waals surface area contributed by atoms with Crippen LogP contribution in [0.3, 0.4) is 0 Å². The molecule has 106 valence electrons. The Kier molecular flexibility index (Phi) is 4.18. The summed E-state index contributed by atoms with van der Waals surface area (Å²) in [5, 5.41) is 9.66. The minimum atomic E-state index is 0.295. The minimum absolute atomic E-state index is 0.295. The van der Waals surface area contributed by atoms with Crippen molar-refractivity contribution in [1.29, 1.82) is 0 Å². The number of nitrogen functional groups attached to an aromatic ring is 1. The first kappa shape index (κ1) is 14.3. The lowest BCUT2D eigenvalue weighted by atomic mass is 10.0. The van der Waals surface area contributed by atoms with Crippen LogP contribution in [0, 0.1) is 13.8 Å². The van der Waals surface area contributed by atoms with Gasteiger partial charge < -0.3 is 15.6 Å². The Balaban J connectivity index is 2.23. The van der Waals surface area contributed by atoms with E-state index in [0.717, 1.165) is 34.5 Å². The second-order valence-corrected chi connectivity index (χ2v) is 5.03. The molecular weight excluding hydrogens is 250 g/mol. The third kappa shape index (κ3) is 2.87. The molecule has 20 heavy (non-hydrogen) atoms. The van der Waals surface area contributed by atoms with Gasteiger partial charge in [-0.05, 0) is 55.2 Å². The van der Waals surface area contributed by atoms with Crippen LogP contribution in [0.5, 0.6) is 11.5 Å². The number of ether oxygens (including phenoxy) is 1. The molecule has 0 saturated carbocycles. The normalized spacial score (nSPS) is 10.6. The quantitative estimate of drug-likeness (QED) is 0.833. The Labute approximate surface area is 120 Å². The summed E-state index contributed by atoms with van der Waals surface area (Å²) >= 11 is 0. The first-order valence-electron chi connectivity index (χ1n) is 6.82. The van der Waals surface area contributed by atoms with Gasteiger partial charge in [0.25, 0.3) is 0 Å². The van der Waals surface area contributed by atoms with Gasteiger partial charge in [0.1, 0.15) is 18.1 Å². The summed E-state index contributed by atoms with van der Waals surface area (Å²) in [6.07, 6.45) is 0.928. The predicted octanol–water partition coefficient (Wildman–Crippen LogP) is 3.73. The summed E-state index contributed by atoms with van der Waals surface area (Å²) in [7, 11) is 0. The fourth-order valence-electron chi connectivity index (χ4n) is 2.24. The molecule has 3 heteroatoms. The smallest absolute Gasteiger partial charge is 0.123 e. The van der Waals surface area contributed by atoms with E-state index in [1.807, 2.05) is 32.0 Å². The number of benzene rings is 2. The van der Waals surface area contributed by atoms with Crippen LogP contribution in [0.25, 0.3) is 0 Å². The molecule has 0 aliphatic carbocycles. The van der Waals surface area contributed by atoms with E-state index >= 15 is 0 Å². The summed E-state index contributed by atoms with van der Waals surface area (Å²) in [6.45, 7) is 6.33.